The second kappa shape index (κ2) is 6.04. The standard InChI is InChI=1S/C15H11FN4O2/c16-10-4-1-2-5-11(10)17-13-7-8-14(20-19-13)18-15(21)12-6-3-9-22-12/h1-9H,(H,17,19)(H,18,20,21). The summed E-state index contributed by atoms with van der Waals surface area (Å²) >= 11 is 0. The summed E-state index contributed by atoms with van der Waals surface area (Å²) in [5, 5.41) is 13.1. The van der Waals surface area contributed by atoms with E-state index in [1.54, 1.807) is 36.4 Å². The quantitative estimate of drug-likeness (QED) is 0.773. The van der Waals surface area contributed by atoms with Crippen LogP contribution >= 0.6 is 0 Å². The molecule has 22 heavy (non-hydrogen) atoms. The second-order valence-electron chi connectivity index (χ2n) is 4.34. The smallest absolute Gasteiger partial charge is 0.292 e. The number of carbonyl (C=O) groups excluding carboxylic acids is 1. The summed E-state index contributed by atoms with van der Waals surface area (Å²) in [6.45, 7) is 0. The Hall–Kier alpha value is -3.22. The van der Waals surface area contributed by atoms with E-state index in [9.17, 15) is 9.18 Å². The normalized spacial score (nSPS) is 10.2. The maximum absolute atomic E-state index is 13.5. The molecule has 0 fully saturated rings. The number of carbonyl (C=O) groups is 1. The third-order valence-corrected chi connectivity index (χ3v) is 2.79. The van der Waals surface area contributed by atoms with E-state index >= 15 is 0 Å². The summed E-state index contributed by atoms with van der Waals surface area (Å²) in [4.78, 5) is 11.8. The lowest BCUT2D eigenvalue weighted by Crippen LogP contribution is -2.12. The Balaban J connectivity index is 1.68. The summed E-state index contributed by atoms with van der Waals surface area (Å²) in [6.07, 6.45) is 1.40. The van der Waals surface area contributed by atoms with Crippen LogP contribution in [0.15, 0.2) is 59.2 Å². The minimum Gasteiger partial charge on any atom is -0.459 e. The molecule has 0 spiro atoms. The van der Waals surface area contributed by atoms with Crippen molar-refractivity contribution in [2.75, 3.05) is 10.6 Å². The Kier molecular flexibility index (Phi) is 3.78. The molecule has 1 amide bonds. The van der Waals surface area contributed by atoms with Gasteiger partial charge in [-0.1, -0.05) is 12.1 Å². The fraction of sp³-hybridized carbons (Fsp3) is 0. The highest BCUT2D eigenvalue weighted by molar-refractivity contribution is 6.01. The van der Waals surface area contributed by atoms with Crippen LogP contribution in [0.3, 0.4) is 0 Å². The molecule has 2 heterocycles. The van der Waals surface area contributed by atoms with Crippen molar-refractivity contribution in [2.45, 2.75) is 0 Å². The van der Waals surface area contributed by atoms with Crippen molar-refractivity contribution in [1.82, 2.24) is 10.2 Å². The number of nitrogens with zero attached hydrogens (tertiary/aromatic N) is 2. The molecule has 2 N–H and O–H groups in total. The van der Waals surface area contributed by atoms with Crippen LogP contribution in [0.25, 0.3) is 0 Å². The molecule has 0 saturated carbocycles. The van der Waals surface area contributed by atoms with Gasteiger partial charge in [0, 0.05) is 0 Å². The fourth-order valence-corrected chi connectivity index (χ4v) is 1.75. The van der Waals surface area contributed by atoms with Crippen LogP contribution in [-0.4, -0.2) is 16.1 Å². The largest absolute Gasteiger partial charge is 0.459 e. The maximum Gasteiger partial charge on any atom is 0.292 e. The minimum atomic E-state index is -0.422. The zero-order chi connectivity index (χ0) is 15.4. The molecule has 110 valence electrons. The highest BCUT2D eigenvalue weighted by atomic mass is 19.1. The molecule has 0 aliphatic rings. The van der Waals surface area contributed by atoms with Gasteiger partial charge in [0.1, 0.15) is 5.82 Å². The van der Waals surface area contributed by atoms with Crippen LogP contribution in [0.2, 0.25) is 0 Å². The van der Waals surface area contributed by atoms with Gasteiger partial charge in [0.25, 0.3) is 5.91 Å². The van der Waals surface area contributed by atoms with Gasteiger partial charge in [-0.25, -0.2) is 4.39 Å². The van der Waals surface area contributed by atoms with E-state index in [-0.39, 0.29) is 17.4 Å². The van der Waals surface area contributed by atoms with E-state index < -0.39 is 5.91 Å². The SMILES string of the molecule is O=C(Nc1ccc(Nc2ccccc2F)nn1)c1ccco1. The van der Waals surface area contributed by atoms with Crippen molar-refractivity contribution >= 4 is 23.2 Å². The molecule has 2 aromatic heterocycles. The molecule has 3 aromatic rings. The van der Waals surface area contributed by atoms with Crippen molar-refractivity contribution in [3.8, 4) is 0 Å². The van der Waals surface area contributed by atoms with Crippen molar-refractivity contribution in [3.05, 3.63) is 66.4 Å². The van der Waals surface area contributed by atoms with Gasteiger partial charge in [0.15, 0.2) is 17.4 Å². The Bertz CT molecular complexity index is 773. The molecule has 0 unspecified atom stereocenters. The van der Waals surface area contributed by atoms with Crippen molar-refractivity contribution in [2.24, 2.45) is 0 Å². The number of hydrogen-bond acceptors (Lipinski definition) is 5. The molecule has 0 aliphatic carbocycles. The lowest BCUT2D eigenvalue weighted by atomic mass is 10.3. The third kappa shape index (κ3) is 3.09. The van der Waals surface area contributed by atoms with Crippen molar-refractivity contribution in [3.63, 3.8) is 0 Å². The molecule has 1 aromatic carbocycles. The number of aromatic nitrogens is 2. The molecule has 7 heteroatoms. The maximum atomic E-state index is 13.5. The number of para-hydroxylation sites is 1. The highest BCUT2D eigenvalue weighted by Gasteiger charge is 2.10. The van der Waals surface area contributed by atoms with E-state index in [0.717, 1.165) is 0 Å². The Morgan fingerprint density at radius 3 is 2.45 bits per heavy atom. The Labute approximate surface area is 125 Å². The minimum absolute atomic E-state index is 0.176. The Morgan fingerprint density at radius 1 is 1.00 bits per heavy atom. The van der Waals surface area contributed by atoms with Gasteiger partial charge in [0.2, 0.25) is 0 Å². The van der Waals surface area contributed by atoms with E-state index in [2.05, 4.69) is 20.8 Å². The predicted octanol–water partition coefficient (Wildman–Crippen LogP) is 3.20. The number of rotatable bonds is 4. The number of furan rings is 1. The number of amides is 1. The topological polar surface area (TPSA) is 80.0 Å². The average molecular weight is 298 g/mol. The monoisotopic (exact) mass is 298 g/mol. The predicted molar refractivity (Wildman–Crippen MR) is 78.4 cm³/mol. The first kappa shape index (κ1) is 13.7. The lowest BCUT2D eigenvalue weighted by molar-refractivity contribution is 0.0996. The van der Waals surface area contributed by atoms with E-state index in [1.165, 1.54) is 18.4 Å². The lowest BCUT2D eigenvalue weighted by Gasteiger charge is -2.06. The number of nitrogens with one attached hydrogen (secondary N) is 2. The molecule has 0 saturated heterocycles. The fourth-order valence-electron chi connectivity index (χ4n) is 1.75. The summed E-state index contributed by atoms with van der Waals surface area (Å²) in [5.41, 5.74) is 0.296. The molecule has 6 nitrogen and oxygen atoms in total. The average Bonchev–Trinajstić information content (AvgIpc) is 3.06. The number of hydrogen-bond donors (Lipinski definition) is 2. The van der Waals surface area contributed by atoms with Gasteiger partial charge in [0.05, 0.1) is 12.0 Å². The summed E-state index contributed by atoms with van der Waals surface area (Å²) in [5.74, 6) is -0.00875. The third-order valence-electron chi connectivity index (χ3n) is 2.79. The van der Waals surface area contributed by atoms with Gasteiger partial charge in [-0.3, -0.25) is 4.79 Å². The molecular weight excluding hydrogens is 287 g/mol. The van der Waals surface area contributed by atoms with Gasteiger partial charge in [-0.05, 0) is 36.4 Å². The first-order valence-electron chi connectivity index (χ1n) is 6.42. The van der Waals surface area contributed by atoms with E-state index in [1.807, 2.05) is 0 Å². The summed E-state index contributed by atoms with van der Waals surface area (Å²) in [7, 11) is 0. The Morgan fingerprint density at radius 2 is 1.77 bits per heavy atom. The summed E-state index contributed by atoms with van der Waals surface area (Å²) < 4.78 is 18.5. The van der Waals surface area contributed by atoms with E-state index in [4.69, 9.17) is 4.42 Å². The molecule has 0 atom stereocenters. The zero-order valence-electron chi connectivity index (χ0n) is 11.3. The van der Waals surface area contributed by atoms with Crippen molar-refractivity contribution < 1.29 is 13.6 Å². The van der Waals surface area contributed by atoms with E-state index in [0.29, 0.717) is 11.5 Å². The number of anilines is 3. The van der Waals surface area contributed by atoms with Crippen molar-refractivity contribution in [1.29, 1.82) is 0 Å². The van der Waals surface area contributed by atoms with Crippen LogP contribution in [0, 0.1) is 5.82 Å². The molecule has 3 rings (SSSR count). The first-order valence-corrected chi connectivity index (χ1v) is 6.42. The molecular formula is C15H11FN4O2. The van der Waals surface area contributed by atoms with Crippen LogP contribution in [0.5, 0.6) is 0 Å². The molecule has 0 bridgehead atoms. The van der Waals surface area contributed by atoms with Gasteiger partial charge in [-0.15, -0.1) is 10.2 Å². The van der Waals surface area contributed by atoms with Gasteiger partial charge in [-0.2, -0.15) is 0 Å². The van der Waals surface area contributed by atoms with Gasteiger partial charge < -0.3 is 15.1 Å². The second-order valence-corrected chi connectivity index (χ2v) is 4.34. The van der Waals surface area contributed by atoms with Gasteiger partial charge >= 0.3 is 0 Å². The van der Waals surface area contributed by atoms with Crippen LogP contribution in [-0.2, 0) is 0 Å². The summed E-state index contributed by atoms with van der Waals surface area (Å²) in [6, 6.07) is 12.5. The highest BCUT2D eigenvalue weighted by Crippen LogP contribution is 2.18. The first-order chi connectivity index (χ1) is 10.7. The number of benzene rings is 1. The molecule has 0 radical (unpaired) electrons. The zero-order valence-corrected chi connectivity index (χ0v) is 11.3. The number of halogens is 1. The van der Waals surface area contributed by atoms with Crippen LogP contribution in [0.1, 0.15) is 10.6 Å². The van der Waals surface area contributed by atoms with Crippen LogP contribution in [0.4, 0.5) is 21.7 Å². The van der Waals surface area contributed by atoms with Crippen LogP contribution < -0.4 is 10.6 Å². The molecule has 0 aliphatic heterocycles.